The van der Waals surface area contributed by atoms with Crippen molar-refractivity contribution in [2.45, 2.75) is 34.2 Å². The molecule has 1 aliphatic rings. The second kappa shape index (κ2) is 17.2. The molecule has 0 unspecified atom stereocenters. The van der Waals surface area contributed by atoms with Crippen LogP contribution in [0.3, 0.4) is 0 Å². The van der Waals surface area contributed by atoms with E-state index >= 15 is 0 Å². The number of hydrogen-bond donors (Lipinski definition) is 1. The highest BCUT2D eigenvalue weighted by Gasteiger charge is 2.09. The summed E-state index contributed by atoms with van der Waals surface area (Å²) in [5.74, 6) is 1.81. The minimum atomic E-state index is 1.08. The molecular weight excluding hydrogens is 380 g/mol. The van der Waals surface area contributed by atoms with Gasteiger partial charge in [-0.25, -0.2) is 0 Å². The molecule has 1 N–H and O–H groups in total. The zero-order chi connectivity index (χ0) is 15.8. The molecule has 0 bridgehead atoms. The number of rotatable bonds is 2. The van der Waals surface area contributed by atoms with E-state index in [0.717, 1.165) is 37.2 Å². The first-order valence-corrected chi connectivity index (χ1v) is 9.78. The van der Waals surface area contributed by atoms with Gasteiger partial charge in [0.1, 0.15) is 0 Å². The van der Waals surface area contributed by atoms with E-state index in [-0.39, 0.29) is 0 Å². The number of benzene rings is 1. The van der Waals surface area contributed by atoms with Crippen LogP contribution < -0.4 is 5.32 Å². The Bertz CT molecular complexity index is 283. The molecule has 1 fully saturated rings. The average molecular weight is 410 g/mol. The predicted molar refractivity (Wildman–Crippen MR) is 99.8 cm³/mol. The lowest BCUT2D eigenvalue weighted by Gasteiger charge is -2.27. The van der Waals surface area contributed by atoms with E-state index < -0.39 is 0 Å². The molecule has 1 aromatic rings. The zero-order valence-corrected chi connectivity index (χ0v) is 16.7. The van der Waals surface area contributed by atoms with Crippen molar-refractivity contribution in [3.05, 3.63) is 34.3 Å². The molecule has 1 aliphatic heterocycles. The van der Waals surface area contributed by atoms with Crippen molar-refractivity contribution in [2.75, 3.05) is 32.0 Å². The van der Waals surface area contributed by atoms with E-state index in [4.69, 9.17) is 0 Å². The first-order valence-electron chi connectivity index (χ1n) is 7.40. The fourth-order valence-corrected chi connectivity index (χ4v) is 1.98. The monoisotopic (exact) mass is 408 g/mol. The van der Waals surface area contributed by atoms with E-state index in [0.29, 0.717) is 0 Å². The van der Waals surface area contributed by atoms with Crippen LogP contribution in [-0.2, 0) is 6.54 Å². The fraction of sp³-hybridized carbons (Fsp3) is 0.625. The molecule has 0 aromatic heterocycles. The first-order chi connectivity index (χ1) is 9.84. The number of alkyl halides is 1. The van der Waals surface area contributed by atoms with Crippen molar-refractivity contribution in [3.63, 3.8) is 0 Å². The van der Waals surface area contributed by atoms with Crippen LogP contribution in [-0.4, -0.2) is 36.9 Å². The van der Waals surface area contributed by atoms with Crippen molar-refractivity contribution in [3.8, 4) is 0 Å². The third-order valence-electron chi connectivity index (χ3n) is 2.53. The quantitative estimate of drug-likeness (QED) is 0.697. The molecule has 2 nitrogen and oxygen atoms in total. The Morgan fingerprint density at radius 3 is 1.85 bits per heavy atom. The predicted octanol–water partition coefficient (Wildman–Crippen LogP) is 4.92. The normalized spacial score (nSPS) is 13.8. The summed E-state index contributed by atoms with van der Waals surface area (Å²) < 4.78 is 1.15. The van der Waals surface area contributed by atoms with E-state index in [1.54, 1.807) is 0 Å². The third-order valence-corrected chi connectivity index (χ3v) is 3.06. The summed E-state index contributed by atoms with van der Waals surface area (Å²) in [5, 5.41) is 3.36. The second-order valence-corrected chi connectivity index (χ2v) is 4.57. The molecule has 118 valence electrons. The Morgan fingerprint density at radius 1 is 0.950 bits per heavy atom. The van der Waals surface area contributed by atoms with Crippen LogP contribution in [0.5, 0.6) is 0 Å². The van der Waals surface area contributed by atoms with Crippen molar-refractivity contribution in [1.82, 2.24) is 10.2 Å². The molecular formula is C16H30Br2N2. The number of nitrogens with zero attached hydrogens (tertiary/aromatic N) is 1. The van der Waals surface area contributed by atoms with Gasteiger partial charge in [0, 0.05) is 37.2 Å². The van der Waals surface area contributed by atoms with E-state index in [9.17, 15) is 0 Å². The summed E-state index contributed by atoms with van der Waals surface area (Å²) in [4.78, 5) is 2.49. The van der Waals surface area contributed by atoms with E-state index in [2.05, 4.69) is 66.3 Å². The van der Waals surface area contributed by atoms with Gasteiger partial charge in [-0.1, -0.05) is 71.7 Å². The highest BCUT2D eigenvalue weighted by atomic mass is 79.9. The summed E-state index contributed by atoms with van der Waals surface area (Å²) in [7, 11) is 0. The zero-order valence-electron chi connectivity index (χ0n) is 13.5. The molecule has 20 heavy (non-hydrogen) atoms. The standard InChI is InChI=1S/C11H15BrN2.2C2H6.CH3Br/c12-11-3-1-10(2-4-11)9-14-7-5-13-6-8-14;3*1-2/h1-4,13H,5-9H2;2*1-2H3;1H3. The number of nitrogens with one attached hydrogen (secondary N) is 1. The average Bonchev–Trinajstić information content (AvgIpc) is 2.56. The second-order valence-electron chi connectivity index (χ2n) is 3.65. The van der Waals surface area contributed by atoms with E-state index in [1.165, 1.54) is 5.56 Å². The largest absolute Gasteiger partial charge is 0.314 e. The van der Waals surface area contributed by atoms with Gasteiger partial charge >= 0.3 is 0 Å². The molecule has 0 amide bonds. The molecule has 0 atom stereocenters. The van der Waals surface area contributed by atoms with Crippen LogP contribution in [0.15, 0.2) is 28.7 Å². The Kier molecular flexibility index (Phi) is 19.2. The van der Waals surface area contributed by atoms with Crippen LogP contribution >= 0.6 is 31.9 Å². The van der Waals surface area contributed by atoms with Gasteiger partial charge in [-0.15, -0.1) is 0 Å². The molecule has 0 saturated carbocycles. The lowest BCUT2D eigenvalue weighted by atomic mass is 10.2. The number of halogens is 2. The lowest BCUT2D eigenvalue weighted by molar-refractivity contribution is 0.233. The molecule has 1 aromatic carbocycles. The summed E-state index contributed by atoms with van der Waals surface area (Å²) >= 11 is 6.38. The van der Waals surface area contributed by atoms with Gasteiger partial charge in [-0.05, 0) is 23.5 Å². The fourth-order valence-electron chi connectivity index (χ4n) is 1.72. The van der Waals surface area contributed by atoms with Crippen molar-refractivity contribution >= 4 is 31.9 Å². The minimum absolute atomic E-state index is 1.08. The van der Waals surface area contributed by atoms with Gasteiger partial charge < -0.3 is 5.32 Å². The van der Waals surface area contributed by atoms with Crippen LogP contribution in [0.2, 0.25) is 0 Å². The molecule has 1 saturated heterocycles. The molecule has 0 radical (unpaired) electrons. The highest BCUT2D eigenvalue weighted by Crippen LogP contribution is 2.12. The number of hydrogen-bond acceptors (Lipinski definition) is 2. The molecule has 2 rings (SSSR count). The van der Waals surface area contributed by atoms with Crippen molar-refractivity contribution in [2.24, 2.45) is 0 Å². The molecule has 0 aliphatic carbocycles. The van der Waals surface area contributed by atoms with Gasteiger partial charge in [0.2, 0.25) is 0 Å². The van der Waals surface area contributed by atoms with Crippen molar-refractivity contribution in [1.29, 1.82) is 0 Å². The van der Waals surface area contributed by atoms with Gasteiger partial charge in [0.05, 0.1) is 0 Å². The lowest BCUT2D eigenvalue weighted by Crippen LogP contribution is -2.42. The van der Waals surface area contributed by atoms with Gasteiger partial charge in [-0.2, -0.15) is 0 Å². The number of piperazine rings is 1. The summed E-state index contributed by atoms with van der Waals surface area (Å²) in [6.07, 6.45) is 0. The van der Waals surface area contributed by atoms with Crippen LogP contribution in [0.4, 0.5) is 0 Å². The Balaban J connectivity index is 0. The Morgan fingerprint density at radius 2 is 1.40 bits per heavy atom. The van der Waals surface area contributed by atoms with Crippen LogP contribution in [0.1, 0.15) is 33.3 Å². The van der Waals surface area contributed by atoms with Gasteiger partial charge in [0.25, 0.3) is 0 Å². The Hall–Kier alpha value is 0.1000. The maximum atomic E-state index is 3.45. The molecule has 0 spiro atoms. The van der Waals surface area contributed by atoms with Gasteiger partial charge in [-0.3, -0.25) is 4.90 Å². The van der Waals surface area contributed by atoms with Crippen molar-refractivity contribution < 1.29 is 0 Å². The maximum Gasteiger partial charge on any atom is 0.0234 e. The topological polar surface area (TPSA) is 15.3 Å². The molecule has 4 heteroatoms. The third kappa shape index (κ3) is 10.8. The maximum absolute atomic E-state index is 3.45. The Labute approximate surface area is 142 Å². The summed E-state index contributed by atoms with van der Waals surface area (Å²) in [6.45, 7) is 13.6. The highest BCUT2D eigenvalue weighted by molar-refractivity contribution is 9.10. The van der Waals surface area contributed by atoms with Crippen LogP contribution in [0.25, 0.3) is 0 Å². The first kappa shape index (κ1) is 22.4. The minimum Gasteiger partial charge on any atom is -0.314 e. The molecule has 1 heterocycles. The van der Waals surface area contributed by atoms with Gasteiger partial charge in [0.15, 0.2) is 0 Å². The summed E-state index contributed by atoms with van der Waals surface area (Å²) in [5.41, 5.74) is 1.40. The summed E-state index contributed by atoms with van der Waals surface area (Å²) in [6, 6.07) is 8.59. The SMILES string of the molecule is Brc1ccc(CN2CCNCC2)cc1.CBr.CC.CC. The smallest absolute Gasteiger partial charge is 0.0234 e. The van der Waals surface area contributed by atoms with E-state index in [1.807, 2.05) is 33.5 Å². The van der Waals surface area contributed by atoms with Crippen LogP contribution in [0, 0.1) is 0 Å².